The molecule has 0 aliphatic heterocycles. The highest BCUT2D eigenvalue weighted by Gasteiger charge is 2.30. The highest BCUT2D eigenvalue weighted by Crippen LogP contribution is 2.26. The predicted molar refractivity (Wildman–Crippen MR) is 85.6 cm³/mol. The van der Waals surface area contributed by atoms with Crippen LogP contribution in [0, 0.1) is 16.0 Å². The van der Waals surface area contributed by atoms with Crippen molar-refractivity contribution in [2.24, 2.45) is 5.92 Å². The van der Waals surface area contributed by atoms with Gasteiger partial charge in [-0.05, 0) is 30.9 Å². The first-order chi connectivity index (χ1) is 11.4. The number of amides is 1. The Morgan fingerprint density at radius 2 is 2.17 bits per heavy atom. The maximum atomic E-state index is 12.2. The van der Waals surface area contributed by atoms with Crippen molar-refractivity contribution in [1.29, 1.82) is 0 Å². The first-order valence-corrected chi connectivity index (χ1v) is 7.70. The number of nitro benzene ring substituents is 1. The summed E-state index contributed by atoms with van der Waals surface area (Å²) >= 11 is 0. The van der Waals surface area contributed by atoms with E-state index in [1.54, 1.807) is 12.3 Å². The van der Waals surface area contributed by atoms with Gasteiger partial charge in [-0.15, -0.1) is 0 Å². The number of aromatic amines is 1. The molecule has 0 bridgehead atoms. The number of hydrogen-bond acceptors (Lipinski definition) is 4. The van der Waals surface area contributed by atoms with E-state index in [2.05, 4.69) is 10.3 Å². The van der Waals surface area contributed by atoms with Crippen molar-refractivity contribution in [3.05, 3.63) is 40.1 Å². The van der Waals surface area contributed by atoms with Crippen LogP contribution in [0.4, 0.5) is 5.69 Å². The van der Waals surface area contributed by atoms with Crippen LogP contribution >= 0.6 is 0 Å². The van der Waals surface area contributed by atoms with E-state index < -0.39 is 16.8 Å². The summed E-state index contributed by atoms with van der Waals surface area (Å²) in [6, 6.07) is 4.35. The Kier molecular flexibility index (Phi) is 4.20. The van der Waals surface area contributed by atoms with Gasteiger partial charge in [0.1, 0.15) is 0 Å². The Balaban J connectivity index is 1.68. The Hall–Kier alpha value is -2.90. The smallest absolute Gasteiger partial charge is 0.306 e. The molecule has 1 aromatic carbocycles. The van der Waals surface area contributed by atoms with E-state index in [1.807, 2.05) is 0 Å². The van der Waals surface area contributed by atoms with Gasteiger partial charge in [-0.3, -0.25) is 19.7 Å². The molecule has 126 valence electrons. The molecule has 0 unspecified atom stereocenters. The number of nitrogens with one attached hydrogen (secondary N) is 2. The molecule has 8 nitrogen and oxygen atoms in total. The molecule has 3 rings (SSSR count). The van der Waals surface area contributed by atoms with Crippen molar-refractivity contribution in [3.63, 3.8) is 0 Å². The molecule has 8 heteroatoms. The molecule has 1 heterocycles. The van der Waals surface area contributed by atoms with Gasteiger partial charge in [-0.2, -0.15) is 0 Å². The van der Waals surface area contributed by atoms with Crippen LogP contribution in [0.3, 0.4) is 0 Å². The molecule has 1 aromatic heterocycles. The zero-order chi connectivity index (χ0) is 17.3. The molecule has 2 aromatic rings. The van der Waals surface area contributed by atoms with Crippen LogP contribution in [0.1, 0.15) is 24.8 Å². The largest absolute Gasteiger partial charge is 0.481 e. The Labute approximate surface area is 137 Å². The molecule has 1 saturated carbocycles. The lowest BCUT2D eigenvalue weighted by molar-refractivity contribution is -0.384. The molecular weight excluding hydrogens is 314 g/mol. The lowest BCUT2D eigenvalue weighted by Gasteiger charge is -2.12. The summed E-state index contributed by atoms with van der Waals surface area (Å²) in [4.78, 5) is 36.6. The van der Waals surface area contributed by atoms with E-state index in [-0.39, 0.29) is 24.1 Å². The number of benzene rings is 1. The van der Waals surface area contributed by atoms with Crippen molar-refractivity contribution in [3.8, 4) is 0 Å². The maximum Gasteiger partial charge on any atom is 0.306 e. The minimum absolute atomic E-state index is 0.0242. The van der Waals surface area contributed by atoms with Crippen molar-refractivity contribution in [1.82, 2.24) is 10.3 Å². The fraction of sp³-hybridized carbons (Fsp3) is 0.375. The Bertz CT molecular complexity index is 813. The third-order valence-corrected chi connectivity index (χ3v) is 4.46. The molecule has 0 spiro atoms. The van der Waals surface area contributed by atoms with E-state index >= 15 is 0 Å². The van der Waals surface area contributed by atoms with Crippen LogP contribution in [0.25, 0.3) is 10.9 Å². The number of H-pyrrole nitrogens is 1. The third-order valence-electron chi connectivity index (χ3n) is 4.46. The fourth-order valence-corrected chi connectivity index (χ4v) is 3.21. The number of carboxylic acid groups (broad SMARTS) is 1. The normalized spacial score (nSPS) is 20.2. The quantitative estimate of drug-likeness (QED) is 0.570. The molecule has 1 aliphatic rings. The number of carbonyl (C=O) groups is 2. The summed E-state index contributed by atoms with van der Waals surface area (Å²) in [6.07, 6.45) is 3.43. The van der Waals surface area contributed by atoms with E-state index in [0.29, 0.717) is 30.2 Å². The van der Waals surface area contributed by atoms with E-state index in [4.69, 9.17) is 5.11 Å². The number of hydrogen-bond donors (Lipinski definition) is 3. The monoisotopic (exact) mass is 331 g/mol. The van der Waals surface area contributed by atoms with Gasteiger partial charge >= 0.3 is 5.97 Å². The average molecular weight is 331 g/mol. The summed E-state index contributed by atoms with van der Waals surface area (Å²) in [5, 5.41) is 23.4. The van der Waals surface area contributed by atoms with Crippen LogP contribution in [0.5, 0.6) is 0 Å². The van der Waals surface area contributed by atoms with Gasteiger partial charge < -0.3 is 15.4 Å². The van der Waals surface area contributed by atoms with Crippen LogP contribution in [0.2, 0.25) is 0 Å². The van der Waals surface area contributed by atoms with Crippen molar-refractivity contribution in [2.75, 3.05) is 0 Å². The number of fused-ring (bicyclic) bond motifs is 1. The minimum atomic E-state index is -0.823. The zero-order valence-electron chi connectivity index (χ0n) is 12.8. The van der Waals surface area contributed by atoms with Crippen molar-refractivity contribution in [2.45, 2.75) is 31.7 Å². The SMILES string of the molecule is O=C(Cc1c[nH]c2ccc([N+](=O)[O-])cc12)N[C@@H]1CC[C@H](C(=O)O)C1. The van der Waals surface area contributed by atoms with Gasteiger partial charge in [0, 0.05) is 35.3 Å². The lowest BCUT2D eigenvalue weighted by Crippen LogP contribution is -2.34. The molecule has 1 aliphatic carbocycles. The molecular formula is C16H17N3O5. The Morgan fingerprint density at radius 1 is 1.38 bits per heavy atom. The maximum absolute atomic E-state index is 12.2. The van der Waals surface area contributed by atoms with E-state index in [0.717, 1.165) is 5.52 Å². The number of carbonyl (C=O) groups excluding carboxylic acids is 1. The molecule has 1 amide bonds. The molecule has 3 N–H and O–H groups in total. The first kappa shape index (κ1) is 16.0. The second-order valence-corrected chi connectivity index (χ2v) is 6.09. The predicted octanol–water partition coefficient (Wildman–Crippen LogP) is 1.99. The molecule has 24 heavy (non-hydrogen) atoms. The summed E-state index contributed by atoms with van der Waals surface area (Å²) in [5.41, 5.74) is 1.39. The van der Waals surface area contributed by atoms with E-state index in [1.165, 1.54) is 12.1 Å². The van der Waals surface area contributed by atoms with Gasteiger partial charge in [0.25, 0.3) is 5.69 Å². The zero-order valence-corrected chi connectivity index (χ0v) is 12.8. The van der Waals surface area contributed by atoms with Crippen LogP contribution in [0.15, 0.2) is 24.4 Å². The van der Waals surface area contributed by atoms with Crippen LogP contribution in [-0.2, 0) is 16.0 Å². The fourth-order valence-electron chi connectivity index (χ4n) is 3.21. The summed E-state index contributed by atoms with van der Waals surface area (Å²) in [6.45, 7) is 0. The van der Waals surface area contributed by atoms with Gasteiger partial charge in [0.15, 0.2) is 0 Å². The second-order valence-electron chi connectivity index (χ2n) is 6.09. The molecule has 1 fully saturated rings. The number of non-ortho nitro benzene ring substituents is 1. The van der Waals surface area contributed by atoms with Crippen LogP contribution < -0.4 is 5.32 Å². The van der Waals surface area contributed by atoms with Gasteiger partial charge in [-0.1, -0.05) is 0 Å². The molecule has 0 saturated heterocycles. The third kappa shape index (κ3) is 3.22. The number of aromatic nitrogens is 1. The number of aliphatic carboxylic acids is 1. The highest BCUT2D eigenvalue weighted by molar-refractivity contribution is 5.90. The number of carboxylic acids is 1. The number of nitro groups is 1. The number of nitrogens with zero attached hydrogens (tertiary/aromatic N) is 1. The van der Waals surface area contributed by atoms with Crippen molar-refractivity contribution < 1.29 is 19.6 Å². The topological polar surface area (TPSA) is 125 Å². The van der Waals surface area contributed by atoms with Crippen molar-refractivity contribution >= 4 is 28.5 Å². The van der Waals surface area contributed by atoms with Crippen LogP contribution in [-0.4, -0.2) is 32.9 Å². The summed E-state index contributed by atoms with van der Waals surface area (Å²) in [5.74, 6) is -1.43. The molecule has 2 atom stereocenters. The molecule has 0 radical (unpaired) electrons. The standard InChI is InChI=1S/C16H17N3O5/c20-15(18-11-2-1-9(5-11)16(21)22)6-10-8-17-14-4-3-12(19(23)24)7-13(10)14/h3-4,7-9,11,17H,1-2,5-6H2,(H,18,20)(H,21,22)/t9-,11+/m0/s1. The van der Waals surface area contributed by atoms with Gasteiger partial charge in [0.2, 0.25) is 5.91 Å². The highest BCUT2D eigenvalue weighted by atomic mass is 16.6. The summed E-state index contributed by atoms with van der Waals surface area (Å²) < 4.78 is 0. The summed E-state index contributed by atoms with van der Waals surface area (Å²) in [7, 11) is 0. The minimum Gasteiger partial charge on any atom is -0.481 e. The number of rotatable bonds is 5. The van der Waals surface area contributed by atoms with Gasteiger partial charge in [0.05, 0.1) is 17.3 Å². The van der Waals surface area contributed by atoms with Gasteiger partial charge in [-0.25, -0.2) is 0 Å². The second kappa shape index (κ2) is 6.31. The lowest BCUT2D eigenvalue weighted by atomic mass is 10.1. The Morgan fingerprint density at radius 3 is 2.83 bits per heavy atom. The first-order valence-electron chi connectivity index (χ1n) is 7.70. The van der Waals surface area contributed by atoms with E-state index in [9.17, 15) is 19.7 Å². The average Bonchev–Trinajstić information content (AvgIpc) is 3.14.